The van der Waals surface area contributed by atoms with Crippen LogP contribution < -0.4 is 10.6 Å². The van der Waals surface area contributed by atoms with Gasteiger partial charge in [-0.25, -0.2) is 0 Å². The number of carboxylic acid groups (broad SMARTS) is 1. The molecule has 17 heteroatoms. The van der Waals surface area contributed by atoms with E-state index in [-0.39, 0.29) is 74.0 Å². The van der Waals surface area contributed by atoms with Crippen LogP contribution >= 0.6 is 0 Å². The summed E-state index contributed by atoms with van der Waals surface area (Å²) < 4.78 is 32.2. The molecule has 1 aromatic carbocycles. The fraction of sp³-hybridized carbons (Fsp3) is 0.629. The zero-order chi connectivity index (χ0) is 37.6. The lowest BCUT2D eigenvalue weighted by Crippen LogP contribution is -2.54. The number of carbonyl (C=O) groups excluding carboxylic acids is 6. The predicted molar refractivity (Wildman–Crippen MR) is 181 cm³/mol. The van der Waals surface area contributed by atoms with E-state index in [0.717, 1.165) is 17.7 Å². The summed E-state index contributed by atoms with van der Waals surface area (Å²) in [6.07, 6.45) is 3.54. The molecule has 52 heavy (non-hydrogen) atoms. The Hall–Kier alpha value is -4.29. The molecule has 0 spiro atoms. The highest BCUT2D eigenvalue weighted by Gasteiger charge is 2.45. The number of carbonyl (C=O) groups is 7. The number of amides is 5. The van der Waals surface area contributed by atoms with Gasteiger partial charge in [-0.3, -0.25) is 43.8 Å². The highest BCUT2D eigenvalue weighted by molar-refractivity contribution is 6.26. The summed E-state index contributed by atoms with van der Waals surface area (Å²) in [5.41, 5.74) is 0.353. The van der Waals surface area contributed by atoms with Gasteiger partial charge in [-0.1, -0.05) is 12.5 Å². The Kier molecular flexibility index (Phi) is 19.5. The molecule has 5 amide bonds. The maximum Gasteiger partial charge on any atom is 0.305 e. The molecule has 0 radical (unpaired) electrons. The van der Waals surface area contributed by atoms with E-state index >= 15 is 0 Å². The van der Waals surface area contributed by atoms with E-state index in [1.807, 2.05) is 0 Å². The van der Waals surface area contributed by atoms with Crippen molar-refractivity contribution in [2.24, 2.45) is 0 Å². The minimum Gasteiger partial charge on any atom is -0.481 e. The first-order chi connectivity index (χ1) is 25.2. The van der Waals surface area contributed by atoms with Crippen LogP contribution in [-0.2, 0) is 52.4 Å². The summed E-state index contributed by atoms with van der Waals surface area (Å²) in [6, 6.07) is 3.49. The smallest absolute Gasteiger partial charge is 0.305 e. The molecule has 1 saturated heterocycles. The molecule has 288 valence electrons. The Morgan fingerprint density at radius 2 is 1.29 bits per heavy atom. The Labute approximate surface area is 301 Å². The third-order valence-electron chi connectivity index (χ3n) is 7.94. The fourth-order valence-corrected chi connectivity index (χ4v) is 5.31. The number of fused-ring (bicyclic) bond motifs is 1. The summed E-state index contributed by atoms with van der Waals surface area (Å²) in [4.78, 5) is 85.3. The number of esters is 1. The van der Waals surface area contributed by atoms with Crippen molar-refractivity contribution in [1.82, 2.24) is 10.2 Å². The molecule has 1 aromatic rings. The summed E-state index contributed by atoms with van der Waals surface area (Å²) in [7, 11) is 0. The Balaban J connectivity index is 1.09. The van der Waals surface area contributed by atoms with E-state index in [1.54, 1.807) is 6.07 Å². The average Bonchev–Trinajstić information content (AvgIpc) is 3.36. The molecule has 1 unspecified atom stereocenters. The minimum atomic E-state index is -1.08. The molecule has 0 aliphatic carbocycles. The van der Waals surface area contributed by atoms with E-state index in [2.05, 4.69) is 10.6 Å². The second-order valence-corrected chi connectivity index (χ2v) is 11.9. The Morgan fingerprint density at radius 1 is 0.712 bits per heavy atom. The molecular weight excluding hydrogens is 686 g/mol. The third-order valence-corrected chi connectivity index (χ3v) is 7.94. The van der Waals surface area contributed by atoms with E-state index in [9.17, 15) is 33.6 Å². The van der Waals surface area contributed by atoms with Gasteiger partial charge in [-0.05, 0) is 44.2 Å². The van der Waals surface area contributed by atoms with Crippen molar-refractivity contribution in [2.45, 2.75) is 70.3 Å². The number of nitrogens with one attached hydrogen (secondary N) is 2. The SMILES string of the molecule is O=C(O)CCCCC(=O)OCCOCCOCCOCCOCCOCCCCCC(=O)Nc1cccc2c1C(=O)N(C1CCC(=O)NC1=O)C2=O. The number of anilines is 1. The van der Waals surface area contributed by atoms with Crippen LogP contribution in [0.3, 0.4) is 0 Å². The first-order valence-corrected chi connectivity index (χ1v) is 17.6. The number of piperidine rings is 1. The van der Waals surface area contributed by atoms with E-state index in [0.29, 0.717) is 78.7 Å². The van der Waals surface area contributed by atoms with Crippen LogP contribution in [0, 0.1) is 0 Å². The van der Waals surface area contributed by atoms with Gasteiger partial charge in [-0.2, -0.15) is 0 Å². The number of ether oxygens (including phenoxy) is 6. The predicted octanol–water partition coefficient (Wildman–Crippen LogP) is 1.86. The highest BCUT2D eigenvalue weighted by Crippen LogP contribution is 2.32. The molecule has 0 aromatic heterocycles. The summed E-state index contributed by atoms with van der Waals surface area (Å²) in [5.74, 6) is -4.00. The molecule has 0 saturated carbocycles. The standard InChI is InChI=1S/C35H49N3O14/c39-28(36-26-8-6-7-25-32(26)35(46)38(34(25)45)27-12-13-29(40)37-33(27)44)9-2-1-5-14-47-15-16-48-17-18-49-19-20-50-21-22-51-23-24-52-31(43)11-4-3-10-30(41)42/h6-8,27H,1-5,9-24H2,(H,36,39)(H,41,42)(H,37,40,44). The number of nitrogens with zero attached hydrogens (tertiary/aromatic N) is 1. The molecule has 2 aliphatic rings. The second kappa shape index (κ2) is 24.0. The van der Waals surface area contributed by atoms with Gasteiger partial charge in [0.1, 0.15) is 12.6 Å². The van der Waals surface area contributed by atoms with Crippen LogP contribution in [0.4, 0.5) is 5.69 Å². The van der Waals surface area contributed by atoms with E-state index in [1.165, 1.54) is 12.1 Å². The van der Waals surface area contributed by atoms with Crippen LogP contribution in [-0.4, -0.2) is 130 Å². The van der Waals surface area contributed by atoms with Crippen molar-refractivity contribution < 1.29 is 67.1 Å². The molecule has 17 nitrogen and oxygen atoms in total. The van der Waals surface area contributed by atoms with Gasteiger partial charge in [0.15, 0.2) is 0 Å². The van der Waals surface area contributed by atoms with Gasteiger partial charge >= 0.3 is 11.9 Å². The number of hydrogen-bond donors (Lipinski definition) is 3. The lowest BCUT2D eigenvalue weighted by Gasteiger charge is -2.27. The van der Waals surface area contributed by atoms with Crippen molar-refractivity contribution in [2.75, 3.05) is 78.0 Å². The maximum absolute atomic E-state index is 13.2. The van der Waals surface area contributed by atoms with Crippen molar-refractivity contribution in [3.05, 3.63) is 29.3 Å². The second-order valence-electron chi connectivity index (χ2n) is 11.9. The average molecular weight is 736 g/mol. The number of benzene rings is 1. The molecule has 2 aliphatic heterocycles. The van der Waals surface area contributed by atoms with Gasteiger partial charge in [0.05, 0.1) is 76.3 Å². The van der Waals surface area contributed by atoms with Crippen molar-refractivity contribution in [3.63, 3.8) is 0 Å². The normalized spacial score (nSPS) is 15.5. The first-order valence-electron chi connectivity index (χ1n) is 17.6. The topological polar surface area (TPSA) is 222 Å². The number of unbranched alkanes of at least 4 members (excludes halogenated alkanes) is 3. The number of imide groups is 2. The first kappa shape index (κ1) is 42.1. The molecule has 3 N–H and O–H groups in total. The zero-order valence-electron chi connectivity index (χ0n) is 29.4. The molecule has 0 bridgehead atoms. The van der Waals surface area contributed by atoms with Gasteiger partial charge in [-0.15, -0.1) is 0 Å². The maximum atomic E-state index is 13.2. The quantitative estimate of drug-likeness (QED) is 0.0635. The van der Waals surface area contributed by atoms with Crippen LogP contribution in [0.1, 0.15) is 84.9 Å². The largest absolute Gasteiger partial charge is 0.481 e. The van der Waals surface area contributed by atoms with Crippen molar-refractivity contribution in [3.8, 4) is 0 Å². The summed E-state index contributed by atoms with van der Waals surface area (Å²) in [5, 5.41) is 13.4. The van der Waals surface area contributed by atoms with E-state index in [4.69, 9.17) is 33.5 Å². The third kappa shape index (κ3) is 15.1. The van der Waals surface area contributed by atoms with Crippen LogP contribution in [0.5, 0.6) is 0 Å². The Bertz CT molecular complexity index is 1370. The number of aliphatic carboxylic acids is 1. The number of rotatable bonds is 28. The lowest BCUT2D eigenvalue weighted by atomic mass is 10.0. The van der Waals surface area contributed by atoms with Gasteiger partial charge < -0.3 is 38.8 Å². The molecule has 3 rings (SSSR count). The molecule has 1 atom stereocenters. The van der Waals surface area contributed by atoms with Crippen LogP contribution in [0.25, 0.3) is 0 Å². The Morgan fingerprint density at radius 3 is 1.90 bits per heavy atom. The number of carboxylic acids is 1. The van der Waals surface area contributed by atoms with Crippen molar-refractivity contribution >= 4 is 47.2 Å². The van der Waals surface area contributed by atoms with Gasteiger partial charge in [0, 0.05) is 32.3 Å². The van der Waals surface area contributed by atoms with Gasteiger partial charge in [0.25, 0.3) is 11.8 Å². The van der Waals surface area contributed by atoms with Crippen molar-refractivity contribution in [1.29, 1.82) is 0 Å². The molecule has 2 heterocycles. The molecular formula is C35H49N3O14. The van der Waals surface area contributed by atoms with Gasteiger partial charge in [0.2, 0.25) is 17.7 Å². The number of hydrogen-bond acceptors (Lipinski definition) is 13. The lowest BCUT2D eigenvalue weighted by molar-refractivity contribution is -0.146. The minimum absolute atomic E-state index is 0.0219. The summed E-state index contributed by atoms with van der Waals surface area (Å²) in [6.45, 7) is 4.13. The monoisotopic (exact) mass is 735 g/mol. The highest BCUT2D eigenvalue weighted by atomic mass is 16.6. The molecule has 1 fully saturated rings. The van der Waals surface area contributed by atoms with Crippen LogP contribution in [0.15, 0.2) is 18.2 Å². The van der Waals surface area contributed by atoms with E-state index < -0.39 is 35.6 Å². The fourth-order valence-electron chi connectivity index (χ4n) is 5.31. The van der Waals surface area contributed by atoms with Crippen LogP contribution in [0.2, 0.25) is 0 Å². The zero-order valence-corrected chi connectivity index (χ0v) is 29.4. The summed E-state index contributed by atoms with van der Waals surface area (Å²) >= 11 is 0.